The highest BCUT2D eigenvalue weighted by atomic mass is 127. The molecule has 0 aliphatic heterocycles. The molecule has 0 radical (unpaired) electrons. The molecule has 16 heavy (non-hydrogen) atoms. The summed E-state index contributed by atoms with van der Waals surface area (Å²) >= 11 is 8.46. The van der Waals surface area contributed by atoms with E-state index in [1.54, 1.807) is 0 Å². The summed E-state index contributed by atoms with van der Waals surface area (Å²) in [7, 11) is 2.03. The molecule has 0 aliphatic carbocycles. The van der Waals surface area contributed by atoms with Gasteiger partial charge in [0.2, 0.25) is 0 Å². The van der Waals surface area contributed by atoms with Gasteiger partial charge in [0.15, 0.2) is 0 Å². The molecule has 1 aromatic rings. The highest BCUT2D eigenvalue weighted by Crippen LogP contribution is 2.31. The first-order chi connectivity index (χ1) is 7.63. The molecule has 1 nitrogen and oxygen atoms in total. The Morgan fingerprint density at radius 1 is 1.31 bits per heavy atom. The van der Waals surface area contributed by atoms with E-state index in [0.717, 1.165) is 5.02 Å². The standard InChI is InChI=1S/C13H19ClIN/c1-4-9(5-2)13(16-3)11-8-10(14)6-7-12(11)15/h6-9,13,16H,4-5H2,1-3H3. The van der Waals surface area contributed by atoms with Crippen LogP contribution in [-0.4, -0.2) is 7.05 Å². The molecule has 0 aliphatic rings. The lowest BCUT2D eigenvalue weighted by atomic mass is 9.89. The first-order valence-corrected chi connectivity index (χ1v) is 7.21. The van der Waals surface area contributed by atoms with Crippen molar-refractivity contribution in [3.8, 4) is 0 Å². The molecular weight excluding hydrogens is 333 g/mol. The van der Waals surface area contributed by atoms with Gasteiger partial charge in [0.05, 0.1) is 0 Å². The van der Waals surface area contributed by atoms with Gasteiger partial charge in [-0.15, -0.1) is 0 Å². The zero-order chi connectivity index (χ0) is 12.1. The van der Waals surface area contributed by atoms with E-state index in [9.17, 15) is 0 Å². The van der Waals surface area contributed by atoms with Crippen molar-refractivity contribution in [1.82, 2.24) is 5.32 Å². The maximum atomic E-state index is 6.08. The van der Waals surface area contributed by atoms with E-state index in [2.05, 4.69) is 53.9 Å². The topological polar surface area (TPSA) is 12.0 Å². The maximum Gasteiger partial charge on any atom is 0.0410 e. The Labute approximate surface area is 117 Å². The normalized spacial score (nSPS) is 13.1. The van der Waals surface area contributed by atoms with Crippen LogP contribution in [0, 0.1) is 9.49 Å². The molecule has 1 unspecified atom stereocenters. The number of rotatable bonds is 5. The second kappa shape index (κ2) is 6.82. The van der Waals surface area contributed by atoms with Crippen molar-refractivity contribution in [3.05, 3.63) is 32.4 Å². The van der Waals surface area contributed by atoms with Crippen molar-refractivity contribution < 1.29 is 0 Å². The molecule has 0 bridgehead atoms. The van der Waals surface area contributed by atoms with E-state index >= 15 is 0 Å². The van der Waals surface area contributed by atoms with Gasteiger partial charge in [-0.1, -0.05) is 38.3 Å². The third-order valence-electron chi connectivity index (χ3n) is 3.12. The Bertz CT molecular complexity index is 337. The smallest absolute Gasteiger partial charge is 0.0410 e. The number of benzene rings is 1. The fraction of sp³-hybridized carbons (Fsp3) is 0.538. The van der Waals surface area contributed by atoms with Gasteiger partial charge in [-0.3, -0.25) is 0 Å². The second-order valence-corrected chi connectivity index (χ2v) is 5.61. The molecule has 0 amide bonds. The largest absolute Gasteiger partial charge is 0.313 e. The fourth-order valence-corrected chi connectivity index (χ4v) is 3.01. The molecule has 0 saturated heterocycles. The zero-order valence-corrected chi connectivity index (χ0v) is 13.0. The minimum absolute atomic E-state index is 0.403. The molecule has 1 atom stereocenters. The van der Waals surface area contributed by atoms with Crippen molar-refractivity contribution in [3.63, 3.8) is 0 Å². The van der Waals surface area contributed by atoms with Crippen LogP contribution in [0.2, 0.25) is 5.02 Å². The van der Waals surface area contributed by atoms with Gasteiger partial charge in [0, 0.05) is 14.6 Å². The summed E-state index contributed by atoms with van der Waals surface area (Å²) in [4.78, 5) is 0. The highest BCUT2D eigenvalue weighted by Gasteiger charge is 2.20. The third kappa shape index (κ3) is 3.34. The van der Waals surface area contributed by atoms with E-state index in [4.69, 9.17) is 11.6 Å². The molecule has 0 heterocycles. The lowest BCUT2D eigenvalue weighted by Crippen LogP contribution is -2.25. The van der Waals surface area contributed by atoms with Gasteiger partial charge in [0.1, 0.15) is 0 Å². The Morgan fingerprint density at radius 2 is 1.94 bits per heavy atom. The Kier molecular flexibility index (Phi) is 6.08. The average molecular weight is 352 g/mol. The van der Waals surface area contributed by atoms with Crippen LogP contribution in [0.1, 0.15) is 38.3 Å². The van der Waals surface area contributed by atoms with Crippen LogP contribution < -0.4 is 5.32 Å². The molecule has 1 aromatic carbocycles. The van der Waals surface area contributed by atoms with Crippen molar-refractivity contribution in [2.45, 2.75) is 32.7 Å². The molecular formula is C13H19ClIN. The van der Waals surface area contributed by atoms with Gasteiger partial charge in [-0.25, -0.2) is 0 Å². The number of hydrogen-bond donors (Lipinski definition) is 1. The Hall–Kier alpha value is 0.200. The third-order valence-corrected chi connectivity index (χ3v) is 4.34. The number of halogens is 2. The second-order valence-electron chi connectivity index (χ2n) is 4.01. The van der Waals surface area contributed by atoms with Crippen LogP contribution in [-0.2, 0) is 0 Å². The molecule has 0 fully saturated rings. The summed E-state index contributed by atoms with van der Waals surface area (Å²) in [5.74, 6) is 0.664. The van der Waals surface area contributed by atoms with Crippen LogP contribution in [0.15, 0.2) is 18.2 Å². The van der Waals surface area contributed by atoms with Gasteiger partial charge in [0.25, 0.3) is 0 Å². The van der Waals surface area contributed by atoms with E-state index in [0.29, 0.717) is 12.0 Å². The predicted octanol–water partition coefficient (Wildman–Crippen LogP) is 4.64. The van der Waals surface area contributed by atoms with Gasteiger partial charge >= 0.3 is 0 Å². The number of hydrogen-bond acceptors (Lipinski definition) is 1. The maximum absolute atomic E-state index is 6.08. The van der Waals surface area contributed by atoms with Crippen LogP contribution in [0.4, 0.5) is 0 Å². The van der Waals surface area contributed by atoms with Crippen molar-refractivity contribution >= 4 is 34.2 Å². The van der Waals surface area contributed by atoms with Crippen LogP contribution in [0.5, 0.6) is 0 Å². The molecule has 0 saturated carbocycles. The highest BCUT2D eigenvalue weighted by molar-refractivity contribution is 14.1. The summed E-state index contributed by atoms with van der Waals surface area (Å²) < 4.78 is 1.29. The van der Waals surface area contributed by atoms with Gasteiger partial charge < -0.3 is 5.32 Å². The molecule has 0 aromatic heterocycles. The summed E-state index contributed by atoms with van der Waals surface area (Å²) in [5.41, 5.74) is 1.32. The minimum Gasteiger partial charge on any atom is -0.313 e. The molecule has 0 spiro atoms. The lowest BCUT2D eigenvalue weighted by molar-refractivity contribution is 0.358. The molecule has 3 heteroatoms. The average Bonchev–Trinajstić information content (AvgIpc) is 2.29. The summed E-state index contributed by atoms with van der Waals surface area (Å²) in [6.45, 7) is 4.49. The summed E-state index contributed by atoms with van der Waals surface area (Å²) in [6.07, 6.45) is 2.37. The van der Waals surface area contributed by atoms with Gasteiger partial charge in [-0.05, 0) is 59.3 Å². The van der Waals surface area contributed by atoms with Crippen molar-refractivity contribution in [2.24, 2.45) is 5.92 Å². The lowest BCUT2D eigenvalue weighted by Gasteiger charge is -2.26. The van der Waals surface area contributed by atoms with Crippen LogP contribution in [0.25, 0.3) is 0 Å². The first kappa shape index (κ1) is 14.3. The molecule has 1 rings (SSSR count). The zero-order valence-electron chi connectivity index (χ0n) is 10.1. The van der Waals surface area contributed by atoms with Crippen molar-refractivity contribution in [1.29, 1.82) is 0 Å². The Balaban J connectivity index is 3.06. The van der Waals surface area contributed by atoms with E-state index in [-0.39, 0.29) is 0 Å². The van der Waals surface area contributed by atoms with E-state index in [1.165, 1.54) is 22.0 Å². The molecule has 1 N–H and O–H groups in total. The van der Waals surface area contributed by atoms with Gasteiger partial charge in [-0.2, -0.15) is 0 Å². The van der Waals surface area contributed by atoms with Crippen molar-refractivity contribution in [2.75, 3.05) is 7.05 Å². The quantitative estimate of drug-likeness (QED) is 0.762. The van der Waals surface area contributed by atoms with Crippen LogP contribution in [0.3, 0.4) is 0 Å². The fourth-order valence-electron chi connectivity index (χ4n) is 2.16. The number of nitrogens with one attached hydrogen (secondary N) is 1. The molecule has 90 valence electrons. The van der Waals surface area contributed by atoms with E-state index < -0.39 is 0 Å². The van der Waals surface area contributed by atoms with Crippen LogP contribution >= 0.6 is 34.2 Å². The monoisotopic (exact) mass is 351 g/mol. The first-order valence-electron chi connectivity index (χ1n) is 5.76. The SMILES string of the molecule is CCC(CC)C(NC)c1cc(Cl)ccc1I. The predicted molar refractivity (Wildman–Crippen MR) is 80.0 cm³/mol. The summed E-state index contributed by atoms with van der Waals surface area (Å²) in [6, 6.07) is 6.53. The van der Waals surface area contributed by atoms with E-state index in [1.807, 2.05) is 13.1 Å². The summed E-state index contributed by atoms with van der Waals surface area (Å²) in [5, 5.41) is 4.25. The Morgan fingerprint density at radius 3 is 2.44 bits per heavy atom. The minimum atomic E-state index is 0.403.